The highest BCUT2D eigenvalue weighted by Gasteiger charge is 2.35. The minimum absolute atomic E-state index is 0. The fraction of sp³-hybridized carbons (Fsp3) is 0.192. The Morgan fingerprint density at radius 2 is 1.91 bits per heavy atom. The maximum Gasteiger partial charge on any atom is 0.699 e. The number of nitrogens with zero attached hydrogens (tertiary/aromatic N) is 2. The van der Waals surface area contributed by atoms with E-state index >= 15 is 0 Å². The fourth-order valence-electron chi connectivity index (χ4n) is 5.29. The molecule has 2 aliphatic heterocycles. The van der Waals surface area contributed by atoms with Gasteiger partial charge in [0.15, 0.2) is 5.70 Å². The second-order valence-electron chi connectivity index (χ2n) is 8.39. The molecule has 0 unspecified atom stereocenters. The van der Waals surface area contributed by atoms with Crippen molar-refractivity contribution in [2.45, 2.75) is 26.2 Å². The van der Waals surface area contributed by atoms with E-state index in [1.54, 1.807) is 0 Å². The summed E-state index contributed by atoms with van der Waals surface area (Å²) < 4.78 is 4.51. The Kier molecular flexibility index (Phi) is 5.74. The van der Waals surface area contributed by atoms with Gasteiger partial charge in [-0.05, 0) is 77.9 Å². The summed E-state index contributed by atoms with van der Waals surface area (Å²) >= 11 is 0. The Bertz CT molecular complexity index is 1330. The zero-order valence-electron chi connectivity index (χ0n) is 18.0. The first-order chi connectivity index (χ1) is 14.7. The molecule has 1 radical (unpaired) electrons. The molecule has 0 saturated carbocycles. The summed E-state index contributed by atoms with van der Waals surface area (Å²) in [6.45, 7) is 2.85. The van der Waals surface area contributed by atoms with E-state index < -0.39 is 0 Å². The van der Waals surface area contributed by atoms with Crippen molar-refractivity contribution in [2.75, 3.05) is 6.54 Å². The predicted octanol–water partition coefficient (Wildman–Crippen LogP) is 4.63. The maximum absolute atomic E-state index is 5.95. The molecule has 0 bridgehead atoms. The molecule has 0 fully saturated rings. The van der Waals surface area contributed by atoms with Gasteiger partial charge in [-0.3, -0.25) is 13.9 Å². The number of hydrogen-bond donors (Lipinski definition) is 1. The molecule has 3 nitrogen and oxygen atoms in total. The molecule has 6 rings (SSSR count). The van der Waals surface area contributed by atoms with Crippen LogP contribution in [0.15, 0.2) is 54.2 Å². The lowest BCUT2D eigenvalue weighted by Gasteiger charge is -2.18. The molecular formula is C26H26BF2N3+. The summed E-state index contributed by atoms with van der Waals surface area (Å²) in [5.74, 6) is 0. The van der Waals surface area contributed by atoms with Gasteiger partial charge in [0.1, 0.15) is 6.21 Å². The van der Waals surface area contributed by atoms with Crippen LogP contribution in [-0.2, 0) is 12.8 Å². The monoisotopic (exact) mass is 429 g/mol. The van der Waals surface area contributed by atoms with Crippen LogP contribution in [0.4, 0.5) is 9.41 Å². The smallest absolute Gasteiger partial charge is 0.330 e. The number of aryl methyl sites for hydroxylation is 3. The lowest BCUT2D eigenvalue weighted by atomic mass is 9.94. The predicted molar refractivity (Wildman–Crippen MR) is 132 cm³/mol. The molecule has 161 valence electrons. The average Bonchev–Trinajstić information content (AvgIpc) is 3.47. The quantitative estimate of drug-likeness (QED) is 0.603. The Morgan fingerprint density at radius 1 is 1.09 bits per heavy atom. The van der Waals surface area contributed by atoms with Gasteiger partial charge in [-0.2, -0.15) is 0 Å². The maximum atomic E-state index is 5.95. The van der Waals surface area contributed by atoms with Gasteiger partial charge in [0.25, 0.3) is 0 Å². The van der Waals surface area contributed by atoms with Crippen LogP contribution >= 0.6 is 0 Å². The zero-order valence-corrected chi connectivity index (χ0v) is 18.0. The number of rotatable bonds is 4. The summed E-state index contributed by atoms with van der Waals surface area (Å²) in [7, 11) is 2.19. The van der Waals surface area contributed by atoms with Crippen molar-refractivity contribution in [1.29, 1.82) is 0 Å². The van der Waals surface area contributed by atoms with Crippen molar-refractivity contribution < 1.29 is 13.9 Å². The van der Waals surface area contributed by atoms with Crippen LogP contribution in [-0.4, -0.2) is 29.3 Å². The topological polar surface area (TPSA) is 34.0 Å². The summed E-state index contributed by atoms with van der Waals surface area (Å²) in [6.07, 6.45) is 14.1. The highest BCUT2D eigenvalue weighted by Crippen LogP contribution is 2.35. The normalized spacial score (nSPS) is 15.4. The summed E-state index contributed by atoms with van der Waals surface area (Å²) in [5, 5.41) is 2.84. The molecule has 32 heavy (non-hydrogen) atoms. The van der Waals surface area contributed by atoms with Crippen LogP contribution in [0, 0.1) is 6.92 Å². The average molecular weight is 429 g/mol. The molecule has 2 aromatic carbocycles. The first kappa shape index (κ1) is 22.0. The second-order valence-corrected chi connectivity index (χ2v) is 8.39. The molecule has 6 heteroatoms. The molecular weight excluding hydrogens is 403 g/mol. The van der Waals surface area contributed by atoms with Gasteiger partial charge in [0.05, 0.1) is 0 Å². The van der Waals surface area contributed by atoms with Crippen molar-refractivity contribution in [3.63, 3.8) is 0 Å². The Balaban J connectivity index is 0.00000122. The molecule has 1 aromatic heterocycles. The van der Waals surface area contributed by atoms with Crippen LogP contribution < -0.4 is 5.73 Å². The SMILES string of the molecule is Cc1cc(/C=C/c2ccc3c4c(cccc24)CC3)n2c1C(CCN)=C1C=CC=[N+]1[B]2.F.F. The van der Waals surface area contributed by atoms with Crippen LogP contribution in [0.25, 0.3) is 28.5 Å². The van der Waals surface area contributed by atoms with E-state index in [9.17, 15) is 0 Å². The number of fused-ring (bicyclic) bond motifs is 2. The van der Waals surface area contributed by atoms with E-state index in [1.165, 1.54) is 68.5 Å². The van der Waals surface area contributed by atoms with Gasteiger partial charge >= 0.3 is 7.55 Å². The molecule has 0 atom stereocenters. The molecule has 0 amide bonds. The van der Waals surface area contributed by atoms with Crippen molar-refractivity contribution in [2.24, 2.45) is 5.73 Å². The van der Waals surface area contributed by atoms with E-state index in [-0.39, 0.29) is 9.41 Å². The van der Waals surface area contributed by atoms with Crippen molar-refractivity contribution in [1.82, 2.24) is 4.48 Å². The molecule has 0 spiro atoms. The van der Waals surface area contributed by atoms with Crippen LogP contribution in [0.3, 0.4) is 0 Å². The Labute approximate surface area is 187 Å². The third kappa shape index (κ3) is 3.18. The summed E-state index contributed by atoms with van der Waals surface area (Å²) in [6, 6.07) is 13.6. The molecule has 2 N–H and O–H groups in total. The molecule has 1 aliphatic carbocycles. The minimum atomic E-state index is 0. The van der Waals surface area contributed by atoms with Gasteiger partial charge in [0.2, 0.25) is 0 Å². The first-order valence-electron chi connectivity index (χ1n) is 10.8. The number of hydrogen-bond acceptors (Lipinski definition) is 1. The van der Waals surface area contributed by atoms with Crippen LogP contribution in [0.2, 0.25) is 0 Å². The zero-order chi connectivity index (χ0) is 20.2. The first-order valence-corrected chi connectivity index (χ1v) is 10.8. The number of benzene rings is 2. The standard InChI is InChI=1S/C26H24BN3.2FH/c1-17-16-21(30-26(17)23(13-14-28)24-6-3-15-29(24)27-30)12-11-18-7-8-20-10-9-19-4-2-5-22(18)25(19)20;;/h2-8,11-12,15-16H,9-10,13-14,28H2,1H3;2*1H/q+1;;/b12-11+;;. The third-order valence-corrected chi connectivity index (χ3v) is 6.61. The van der Waals surface area contributed by atoms with Gasteiger partial charge in [-0.1, -0.05) is 36.4 Å². The number of nitrogens with two attached hydrogens (primary N) is 1. The molecule has 3 aliphatic rings. The van der Waals surface area contributed by atoms with E-state index in [4.69, 9.17) is 5.73 Å². The minimum Gasteiger partial charge on any atom is -0.330 e. The lowest BCUT2D eigenvalue weighted by molar-refractivity contribution is -0.307. The van der Waals surface area contributed by atoms with Gasteiger partial charge in [-0.25, -0.2) is 0 Å². The van der Waals surface area contributed by atoms with Gasteiger partial charge in [-0.15, -0.1) is 0 Å². The summed E-state index contributed by atoms with van der Waals surface area (Å²) in [5.41, 5.74) is 16.6. The Hall–Kier alpha value is -3.25. The lowest BCUT2D eigenvalue weighted by Crippen LogP contribution is -2.30. The molecule has 0 saturated heterocycles. The van der Waals surface area contributed by atoms with Crippen molar-refractivity contribution in [3.8, 4) is 0 Å². The summed E-state index contributed by atoms with van der Waals surface area (Å²) in [4.78, 5) is 0. The third-order valence-electron chi connectivity index (χ3n) is 6.61. The number of aromatic nitrogens is 1. The van der Waals surface area contributed by atoms with Crippen molar-refractivity contribution in [3.05, 3.63) is 87.9 Å². The molecule has 3 heterocycles. The molecule has 3 aromatic rings. The number of allylic oxidation sites excluding steroid dienone is 2. The highest BCUT2D eigenvalue weighted by molar-refractivity contribution is 6.28. The van der Waals surface area contributed by atoms with E-state index in [0.29, 0.717) is 6.54 Å². The largest absolute Gasteiger partial charge is 0.699 e. The van der Waals surface area contributed by atoms with E-state index in [0.717, 1.165) is 6.42 Å². The van der Waals surface area contributed by atoms with E-state index in [2.05, 4.69) is 90.4 Å². The van der Waals surface area contributed by atoms with Crippen LogP contribution in [0.1, 0.15) is 40.1 Å². The second kappa shape index (κ2) is 8.36. The van der Waals surface area contributed by atoms with Gasteiger partial charge < -0.3 is 10.2 Å². The number of halogens is 2. The van der Waals surface area contributed by atoms with Crippen molar-refractivity contribution >= 4 is 42.3 Å². The Morgan fingerprint density at radius 3 is 2.72 bits per heavy atom. The fourth-order valence-corrected chi connectivity index (χ4v) is 5.29. The highest BCUT2D eigenvalue weighted by atomic mass is 19.0. The van der Waals surface area contributed by atoms with Crippen LogP contribution in [0.5, 0.6) is 0 Å². The van der Waals surface area contributed by atoms with E-state index in [1.807, 2.05) is 0 Å². The van der Waals surface area contributed by atoms with Gasteiger partial charge in [0, 0.05) is 29.1 Å².